The number of aromatic nitrogens is 2. The summed E-state index contributed by atoms with van der Waals surface area (Å²) < 4.78 is 51.8. The van der Waals surface area contributed by atoms with E-state index in [1.54, 1.807) is 0 Å². The molecule has 122 valence electrons. The number of hydrazine groups is 1. The van der Waals surface area contributed by atoms with E-state index in [9.17, 15) is 27.2 Å². The SMILES string of the molecule is Cn1cc(C(=O)NNC(=O)c2ccc(F)cc2)c(C(F)(F)F)n1. The maximum Gasteiger partial charge on any atom is 0.435 e. The Labute approximate surface area is 127 Å². The van der Waals surface area contributed by atoms with Crippen molar-refractivity contribution in [2.45, 2.75) is 6.18 Å². The number of nitrogens with one attached hydrogen (secondary N) is 2. The summed E-state index contributed by atoms with van der Waals surface area (Å²) in [5.41, 5.74) is 1.71. The van der Waals surface area contributed by atoms with Crippen LogP contribution >= 0.6 is 0 Å². The Hall–Kier alpha value is -2.91. The largest absolute Gasteiger partial charge is 0.435 e. The van der Waals surface area contributed by atoms with Gasteiger partial charge in [0.1, 0.15) is 5.82 Å². The fourth-order valence-corrected chi connectivity index (χ4v) is 1.72. The number of hydrogen-bond acceptors (Lipinski definition) is 3. The number of carbonyl (C=O) groups is 2. The monoisotopic (exact) mass is 330 g/mol. The average molecular weight is 330 g/mol. The average Bonchev–Trinajstić information content (AvgIpc) is 2.87. The number of benzene rings is 1. The molecule has 0 unspecified atom stereocenters. The standard InChI is InChI=1S/C13H10F4N4O2/c1-21-6-9(10(20-21)13(15,16)17)12(23)19-18-11(22)7-2-4-8(14)5-3-7/h2-6H,1H3,(H,18,22)(H,19,23). The van der Waals surface area contributed by atoms with Crippen LogP contribution in [0.15, 0.2) is 30.5 Å². The van der Waals surface area contributed by atoms with Crippen LogP contribution in [0.3, 0.4) is 0 Å². The van der Waals surface area contributed by atoms with Crippen LogP contribution in [0.5, 0.6) is 0 Å². The van der Waals surface area contributed by atoms with Crippen molar-refractivity contribution in [2.24, 2.45) is 7.05 Å². The molecule has 1 aromatic heterocycles. The van der Waals surface area contributed by atoms with Gasteiger partial charge in [0.05, 0.1) is 5.56 Å². The molecule has 0 spiro atoms. The molecule has 0 aliphatic rings. The Bertz CT molecular complexity index is 737. The van der Waals surface area contributed by atoms with Crippen molar-refractivity contribution in [3.8, 4) is 0 Å². The lowest BCUT2D eigenvalue weighted by molar-refractivity contribution is -0.141. The van der Waals surface area contributed by atoms with E-state index in [0.717, 1.165) is 35.1 Å². The smallest absolute Gasteiger partial charge is 0.274 e. The predicted molar refractivity (Wildman–Crippen MR) is 69.5 cm³/mol. The maximum atomic E-state index is 12.7. The van der Waals surface area contributed by atoms with Gasteiger partial charge in [0.15, 0.2) is 5.69 Å². The van der Waals surface area contributed by atoms with Gasteiger partial charge in [-0.3, -0.25) is 25.1 Å². The molecule has 10 heteroatoms. The summed E-state index contributed by atoms with van der Waals surface area (Å²) in [6.07, 6.45) is -3.93. The molecular formula is C13H10F4N4O2. The van der Waals surface area contributed by atoms with Gasteiger partial charge < -0.3 is 0 Å². The topological polar surface area (TPSA) is 76.0 Å². The minimum Gasteiger partial charge on any atom is -0.274 e. The van der Waals surface area contributed by atoms with Crippen LogP contribution in [-0.2, 0) is 13.2 Å². The van der Waals surface area contributed by atoms with Crippen molar-refractivity contribution in [1.29, 1.82) is 0 Å². The zero-order valence-corrected chi connectivity index (χ0v) is 11.6. The number of aryl methyl sites for hydroxylation is 1. The summed E-state index contributed by atoms with van der Waals surface area (Å²) in [7, 11) is 1.23. The van der Waals surface area contributed by atoms with Crippen LogP contribution in [0.1, 0.15) is 26.4 Å². The van der Waals surface area contributed by atoms with E-state index in [1.165, 1.54) is 7.05 Å². The van der Waals surface area contributed by atoms with Gasteiger partial charge in [-0.25, -0.2) is 4.39 Å². The summed E-state index contributed by atoms with van der Waals surface area (Å²) in [6, 6.07) is 4.36. The van der Waals surface area contributed by atoms with E-state index in [0.29, 0.717) is 0 Å². The number of hydrogen-bond donors (Lipinski definition) is 2. The molecule has 0 aliphatic carbocycles. The molecule has 0 fully saturated rings. The van der Waals surface area contributed by atoms with Crippen LogP contribution in [-0.4, -0.2) is 21.6 Å². The molecule has 1 aromatic carbocycles. The van der Waals surface area contributed by atoms with Gasteiger partial charge in [-0.15, -0.1) is 0 Å². The van der Waals surface area contributed by atoms with E-state index in [2.05, 4.69) is 5.10 Å². The number of halogens is 4. The van der Waals surface area contributed by atoms with Crippen LogP contribution in [0.25, 0.3) is 0 Å². The van der Waals surface area contributed by atoms with Crippen LogP contribution in [0.4, 0.5) is 17.6 Å². The van der Waals surface area contributed by atoms with Crippen molar-refractivity contribution < 1.29 is 27.2 Å². The Balaban J connectivity index is 2.08. The molecular weight excluding hydrogens is 320 g/mol. The highest BCUT2D eigenvalue weighted by Crippen LogP contribution is 2.30. The first-order valence-electron chi connectivity index (χ1n) is 6.15. The summed E-state index contributed by atoms with van der Waals surface area (Å²) in [4.78, 5) is 23.5. The lowest BCUT2D eigenvalue weighted by atomic mass is 10.2. The lowest BCUT2D eigenvalue weighted by Gasteiger charge is -2.08. The molecule has 0 bridgehead atoms. The molecule has 0 saturated heterocycles. The number of nitrogens with zero attached hydrogens (tertiary/aromatic N) is 2. The second-order valence-corrected chi connectivity index (χ2v) is 4.48. The Kier molecular flexibility index (Phi) is 4.34. The molecule has 0 radical (unpaired) electrons. The fraction of sp³-hybridized carbons (Fsp3) is 0.154. The Morgan fingerprint density at radius 2 is 1.65 bits per heavy atom. The molecule has 0 saturated carbocycles. The molecule has 2 aromatic rings. The molecule has 2 amide bonds. The minimum atomic E-state index is -4.81. The first-order chi connectivity index (χ1) is 10.7. The molecule has 2 rings (SSSR count). The second-order valence-electron chi connectivity index (χ2n) is 4.48. The van der Waals surface area contributed by atoms with Gasteiger partial charge >= 0.3 is 6.18 Å². The summed E-state index contributed by atoms with van der Waals surface area (Å²) in [6.45, 7) is 0. The van der Waals surface area contributed by atoms with Gasteiger partial charge in [0.25, 0.3) is 11.8 Å². The van der Waals surface area contributed by atoms with Gasteiger partial charge in [-0.2, -0.15) is 18.3 Å². The Morgan fingerprint density at radius 1 is 1.09 bits per heavy atom. The van der Waals surface area contributed by atoms with Gasteiger partial charge in [0.2, 0.25) is 0 Å². The zero-order valence-electron chi connectivity index (χ0n) is 11.6. The maximum absolute atomic E-state index is 12.7. The van der Waals surface area contributed by atoms with Crippen molar-refractivity contribution in [2.75, 3.05) is 0 Å². The van der Waals surface area contributed by atoms with E-state index < -0.39 is 35.1 Å². The summed E-state index contributed by atoms with van der Waals surface area (Å²) in [5, 5.41) is 3.17. The quantitative estimate of drug-likeness (QED) is 0.649. The normalized spacial score (nSPS) is 11.2. The van der Waals surface area contributed by atoms with Crippen LogP contribution in [0.2, 0.25) is 0 Å². The highest BCUT2D eigenvalue weighted by atomic mass is 19.4. The lowest BCUT2D eigenvalue weighted by Crippen LogP contribution is -2.42. The Morgan fingerprint density at radius 3 is 2.22 bits per heavy atom. The molecule has 2 N–H and O–H groups in total. The number of amides is 2. The van der Waals surface area contributed by atoms with E-state index in [4.69, 9.17) is 0 Å². The molecule has 0 atom stereocenters. The first-order valence-corrected chi connectivity index (χ1v) is 6.15. The molecule has 0 aliphatic heterocycles. The highest BCUT2D eigenvalue weighted by Gasteiger charge is 2.39. The number of alkyl halides is 3. The van der Waals surface area contributed by atoms with Crippen LogP contribution in [0, 0.1) is 5.82 Å². The zero-order chi connectivity index (χ0) is 17.2. The van der Waals surface area contributed by atoms with E-state index in [1.807, 2.05) is 10.9 Å². The third-order valence-corrected chi connectivity index (χ3v) is 2.74. The highest BCUT2D eigenvalue weighted by molar-refractivity contribution is 5.99. The number of rotatable bonds is 2. The van der Waals surface area contributed by atoms with Crippen molar-refractivity contribution in [1.82, 2.24) is 20.6 Å². The molecule has 6 nitrogen and oxygen atoms in total. The van der Waals surface area contributed by atoms with E-state index in [-0.39, 0.29) is 5.56 Å². The third kappa shape index (κ3) is 3.84. The van der Waals surface area contributed by atoms with Gasteiger partial charge in [0, 0.05) is 18.8 Å². The predicted octanol–water partition coefficient (Wildman–Crippen LogP) is 1.65. The van der Waals surface area contributed by atoms with Gasteiger partial charge in [-0.05, 0) is 24.3 Å². The molecule has 1 heterocycles. The van der Waals surface area contributed by atoms with Crippen molar-refractivity contribution in [3.63, 3.8) is 0 Å². The number of carbonyl (C=O) groups excluding carboxylic acids is 2. The van der Waals surface area contributed by atoms with E-state index >= 15 is 0 Å². The minimum absolute atomic E-state index is 0.0222. The third-order valence-electron chi connectivity index (χ3n) is 2.74. The molecule has 23 heavy (non-hydrogen) atoms. The summed E-state index contributed by atoms with van der Waals surface area (Å²) in [5.74, 6) is -2.55. The van der Waals surface area contributed by atoms with Crippen molar-refractivity contribution in [3.05, 3.63) is 53.1 Å². The first kappa shape index (κ1) is 16.5. The van der Waals surface area contributed by atoms with Crippen molar-refractivity contribution >= 4 is 11.8 Å². The van der Waals surface area contributed by atoms with Gasteiger partial charge in [-0.1, -0.05) is 0 Å². The van der Waals surface area contributed by atoms with Crippen LogP contribution < -0.4 is 10.9 Å². The second kappa shape index (κ2) is 6.07. The summed E-state index contributed by atoms with van der Waals surface area (Å²) >= 11 is 0. The fourth-order valence-electron chi connectivity index (χ4n) is 1.72.